The van der Waals surface area contributed by atoms with Crippen molar-refractivity contribution in [2.45, 2.75) is 12.5 Å². The summed E-state index contributed by atoms with van der Waals surface area (Å²) in [7, 11) is 0. The first-order valence-corrected chi connectivity index (χ1v) is 4.47. The van der Waals surface area contributed by atoms with Crippen LogP contribution in [0, 0.1) is 0 Å². The van der Waals surface area contributed by atoms with E-state index < -0.39 is 0 Å². The van der Waals surface area contributed by atoms with Crippen molar-refractivity contribution in [2.75, 3.05) is 6.61 Å². The summed E-state index contributed by atoms with van der Waals surface area (Å²) in [5, 5.41) is 1.20. The molecular weight excluding hydrogens is 195 g/mol. The summed E-state index contributed by atoms with van der Waals surface area (Å²) in [6.45, 7) is 2.73. The fourth-order valence-corrected chi connectivity index (χ4v) is 1.68. The number of ether oxygens (including phenoxy) is 1. The van der Waals surface area contributed by atoms with Crippen molar-refractivity contribution in [3.05, 3.63) is 33.8 Å². The van der Waals surface area contributed by atoms with E-state index in [1.807, 2.05) is 19.1 Å². The van der Waals surface area contributed by atoms with Crippen LogP contribution in [0.5, 0.6) is 0 Å². The predicted octanol–water partition coefficient (Wildman–Crippen LogP) is 3.24. The van der Waals surface area contributed by atoms with E-state index in [0.29, 0.717) is 10.0 Å². The van der Waals surface area contributed by atoms with E-state index in [1.165, 1.54) is 0 Å². The van der Waals surface area contributed by atoms with Crippen LogP contribution in [-0.4, -0.2) is 6.61 Å². The molecule has 12 heavy (non-hydrogen) atoms. The van der Waals surface area contributed by atoms with Gasteiger partial charge in [0, 0.05) is 5.56 Å². The second-order valence-electron chi connectivity index (χ2n) is 3.12. The standard InChI is InChI=1S/C9H8Cl2O/c1-9(5-12-9)6-3-2-4-7(10)8(6)11/h2-4H,5H2,1H3. The second-order valence-corrected chi connectivity index (χ2v) is 3.91. The van der Waals surface area contributed by atoms with Crippen molar-refractivity contribution < 1.29 is 4.74 Å². The Balaban J connectivity index is 2.51. The molecule has 0 radical (unpaired) electrons. The maximum absolute atomic E-state index is 6.01. The van der Waals surface area contributed by atoms with Gasteiger partial charge < -0.3 is 4.74 Å². The summed E-state index contributed by atoms with van der Waals surface area (Å²) in [5.41, 5.74) is 0.791. The molecule has 1 aliphatic rings. The van der Waals surface area contributed by atoms with Gasteiger partial charge in [0.05, 0.1) is 16.7 Å². The van der Waals surface area contributed by atoms with Crippen LogP contribution in [0.3, 0.4) is 0 Å². The van der Waals surface area contributed by atoms with Crippen LogP contribution >= 0.6 is 23.2 Å². The maximum Gasteiger partial charge on any atom is 0.115 e. The van der Waals surface area contributed by atoms with Gasteiger partial charge in [-0.3, -0.25) is 0 Å². The predicted molar refractivity (Wildman–Crippen MR) is 49.8 cm³/mol. The lowest BCUT2D eigenvalue weighted by molar-refractivity contribution is 0.329. The molecule has 1 unspecified atom stereocenters. The highest BCUT2D eigenvalue weighted by Crippen LogP contribution is 2.43. The number of hydrogen-bond donors (Lipinski definition) is 0. The molecule has 64 valence electrons. The first-order chi connectivity index (χ1) is 5.63. The molecule has 1 aromatic carbocycles. The normalized spacial score (nSPS) is 27.2. The van der Waals surface area contributed by atoms with Gasteiger partial charge >= 0.3 is 0 Å². The SMILES string of the molecule is CC1(c2cccc(Cl)c2Cl)CO1. The second kappa shape index (κ2) is 2.63. The molecule has 0 aliphatic carbocycles. The van der Waals surface area contributed by atoms with Crippen molar-refractivity contribution in [1.29, 1.82) is 0 Å². The molecule has 3 heteroatoms. The average Bonchev–Trinajstić information content (AvgIpc) is 2.75. The highest BCUT2D eigenvalue weighted by Gasteiger charge is 2.42. The van der Waals surface area contributed by atoms with E-state index in [4.69, 9.17) is 27.9 Å². The smallest absolute Gasteiger partial charge is 0.115 e. The molecule has 0 aromatic heterocycles. The van der Waals surface area contributed by atoms with Crippen LogP contribution in [0.1, 0.15) is 12.5 Å². The van der Waals surface area contributed by atoms with Crippen molar-refractivity contribution in [3.63, 3.8) is 0 Å². The minimum Gasteiger partial charge on any atom is -0.365 e. The van der Waals surface area contributed by atoms with E-state index >= 15 is 0 Å². The molecule has 1 heterocycles. The fourth-order valence-electron chi connectivity index (χ4n) is 1.18. The van der Waals surface area contributed by atoms with Gasteiger partial charge in [-0.1, -0.05) is 35.3 Å². The lowest BCUT2D eigenvalue weighted by Gasteiger charge is -2.08. The van der Waals surface area contributed by atoms with Gasteiger partial charge in [-0.15, -0.1) is 0 Å². The van der Waals surface area contributed by atoms with Gasteiger partial charge in [0.15, 0.2) is 0 Å². The summed E-state index contributed by atoms with van der Waals surface area (Å²) in [5.74, 6) is 0. The van der Waals surface area contributed by atoms with Gasteiger partial charge in [-0.2, -0.15) is 0 Å². The molecule has 1 atom stereocenters. The summed E-state index contributed by atoms with van der Waals surface area (Å²) in [4.78, 5) is 0. The van der Waals surface area contributed by atoms with Gasteiger partial charge in [-0.25, -0.2) is 0 Å². The fraction of sp³-hybridized carbons (Fsp3) is 0.333. The largest absolute Gasteiger partial charge is 0.365 e. The quantitative estimate of drug-likeness (QED) is 0.638. The monoisotopic (exact) mass is 202 g/mol. The maximum atomic E-state index is 6.01. The molecule has 1 aromatic rings. The minimum absolute atomic E-state index is 0.192. The Labute approximate surface area is 81.2 Å². The molecule has 0 bridgehead atoms. The van der Waals surface area contributed by atoms with Crippen LogP contribution in [0.2, 0.25) is 10.0 Å². The number of benzene rings is 1. The zero-order valence-electron chi connectivity index (χ0n) is 6.60. The van der Waals surface area contributed by atoms with Crippen LogP contribution in [0.25, 0.3) is 0 Å². The van der Waals surface area contributed by atoms with E-state index in [9.17, 15) is 0 Å². The van der Waals surface area contributed by atoms with Crippen molar-refractivity contribution in [2.24, 2.45) is 0 Å². The van der Waals surface area contributed by atoms with Gasteiger partial charge in [-0.05, 0) is 13.0 Å². The van der Waals surface area contributed by atoms with Gasteiger partial charge in [0.1, 0.15) is 5.60 Å². The molecule has 0 amide bonds. The molecule has 0 N–H and O–H groups in total. The molecule has 1 aliphatic heterocycles. The first-order valence-electron chi connectivity index (χ1n) is 3.72. The number of hydrogen-bond acceptors (Lipinski definition) is 1. The zero-order valence-corrected chi connectivity index (χ0v) is 8.12. The highest BCUT2D eigenvalue weighted by molar-refractivity contribution is 6.42. The van der Waals surface area contributed by atoms with Crippen molar-refractivity contribution in [1.82, 2.24) is 0 Å². The van der Waals surface area contributed by atoms with Crippen LogP contribution in [0.4, 0.5) is 0 Å². The van der Waals surface area contributed by atoms with E-state index in [0.717, 1.165) is 12.2 Å². The van der Waals surface area contributed by atoms with Gasteiger partial charge in [0.25, 0.3) is 0 Å². The van der Waals surface area contributed by atoms with Crippen LogP contribution in [0.15, 0.2) is 18.2 Å². The number of epoxide rings is 1. The topological polar surface area (TPSA) is 12.5 Å². The Morgan fingerprint density at radius 1 is 1.42 bits per heavy atom. The minimum atomic E-state index is -0.192. The third-order valence-electron chi connectivity index (χ3n) is 2.10. The Hall–Kier alpha value is -0.240. The van der Waals surface area contributed by atoms with Crippen molar-refractivity contribution >= 4 is 23.2 Å². The summed E-state index contributed by atoms with van der Waals surface area (Å²) in [6, 6.07) is 5.61. The molecule has 1 saturated heterocycles. The van der Waals surface area contributed by atoms with Crippen molar-refractivity contribution in [3.8, 4) is 0 Å². The number of rotatable bonds is 1. The Morgan fingerprint density at radius 2 is 2.08 bits per heavy atom. The van der Waals surface area contributed by atoms with Gasteiger partial charge in [0.2, 0.25) is 0 Å². The molecule has 0 spiro atoms. The zero-order chi connectivity index (χ0) is 8.77. The number of halogens is 2. The van der Waals surface area contributed by atoms with Crippen LogP contribution in [-0.2, 0) is 10.3 Å². The Morgan fingerprint density at radius 3 is 2.67 bits per heavy atom. The molecule has 2 rings (SSSR count). The van der Waals surface area contributed by atoms with E-state index in [1.54, 1.807) is 6.07 Å². The van der Waals surface area contributed by atoms with Crippen LogP contribution < -0.4 is 0 Å². The summed E-state index contributed by atoms with van der Waals surface area (Å²) < 4.78 is 5.27. The molecule has 1 nitrogen and oxygen atoms in total. The van der Waals surface area contributed by atoms with E-state index in [2.05, 4.69) is 0 Å². The lowest BCUT2D eigenvalue weighted by atomic mass is 10.0. The highest BCUT2D eigenvalue weighted by atomic mass is 35.5. The third kappa shape index (κ3) is 1.22. The molecule has 1 fully saturated rings. The average molecular weight is 203 g/mol. The molecular formula is C9H8Cl2O. The summed E-state index contributed by atoms with van der Waals surface area (Å²) in [6.07, 6.45) is 0. The third-order valence-corrected chi connectivity index (χ3v) is 2.92. The lowest BCUT2D eigenvalue weighted by Crippen LogP contribution is -2.02. The summed E-state index contributed by atoms with van der Waals surface area (Å²) >= 11 is 11.9. The molecule has 0 saturated carbocycles. The Kier molecular flexibility index (Phi) is 1.83. The first kappa shape index (κ1) is 8.36. The van der Waals surface area contributed by atoms with E-state index in [-0.39, 0.29) is 5.60 Å². The Bertz CT molecular complexity index is 318.